The summed E-state index contributed by atoms with van der Waals surface area (Å²) in [5, 5.41) is 16.5. The average molecular weight is 421 g/mol. The van der Waals surface area contributed by atoms with Gasteiger partial charge in [-0.15, -0.1) is 0 Å². The van der Waals surface area contributed by atoms with Crippen molar-refractivity contribution < 1.29 is 14.2 Å². The van der Waals surface area contributed by atoms with Gasteiger partial charge in [0.15, 0.2) is 0 Å². The number of hydrogen-bond donors (Lipinski definition) is 2. The van der Waals surface area contributed by atoms with Gasteiger partial charge in [-0.05, 0) is 30.5 Å². The van der Waals surface area contributed by atoms with Crippen LogP contribution >= 0.6 is 12.2 Å². The first-order valence-corrected chi connectivity index (χ1v) is 10.6. The Hall–Kier alpha value is -2.16. The summed E-state index contributed by atoms with van der Waals surface area (Å²) in [6, 6.07) is 7.16. The van der Waals surface area contributed by atoms with Crippen LogP contribution in [0.1, 0.15) is 45.1 Å². The van der Waals surface area contributed by atoms with Gasteiger partial charge in [-0.1, -0.05) is 51.0 Å². The van der Waals surface area contributed by atoms with Gasteiger partial charge in [-0.3, -0.25) is 4.65 Å². The van der Waals surface area contributed by atoms with Gasteiger partial charge in [-0.2, -0.15) is 0 Å². The van der Waals surface area contributed by atoms with Gasteiger partial charge in [0, 0.05) is 13.1 Å². The first kappa shape index (κ1) is 23.1. The van der Waals surface area contributed by atoms with Crippen LogP contribution in [-0.2, 0) is 6.54 Å². The number of methoxy groups -OCH3 is 1. The summed E-state index contributed by atoms with van der Waals surface area (Å²) in [5.74, 6) is 1.08. The maximum Gasteiger partial charge on any atom is 0.425 e. The number of rotatable bonds is 10. The van der Waals surface area contributed by atoms with Crippen LogP contribution in [-0.4, -0.2) is 47.3 Å². The molecule has 1 aliphatic heterocycles. The van der Waals surface area contributed by atoms with Crippen LogP contribution in [0.2, 0.25) is 0 Å². The van der Waals surface area contributed by atoms with Crippen LogP contribution in [0.4, 0.5) is 4.79 Å². The van der Waals surface area contributed by atoms with Gasteiger partial charge in [0.05, 0.1) is 19.2 Å². The standard InChI is InChI=1S/C21H32N4O3S/c1-4-6-12-24-19(22)18(15-25(27,21(24)26)13-7-5-2)20(29)23-14-16-8-10-17(28-3)11-9-16/h8-11H,4-7,12-15,22H2,1-3H3,(H,23,29). The molecule has 0 aliphatic carbocycles. The molecule has 1 aliphatic rings. The Balaban J connectivity index is 2.19. The highest BCUT2D eigenvalue weighted by molar-refractivity contribution is 7.80. The molecule has 0 aromatic heterocycles. The van der Waals surface area contributed by atoms with E-state index >= 15 is 0 Å². The number of hydroxylamine groups is 3. The Morgan fingerprint density at radius 1 is 1.28 bits per heavy atom. The number of carbonyl (C=O) groups excluding carboxylic acids is 1. The molecule has 0 saturated heterocycles. The second-order valence-electron chi connectivity index (χ2n) is 7.31. The van der Waals surface area contributed by atoms with Gasteiger partial charge in [-0.25, -0.2) is 9.69 Å². The lowest BCUT2D eigenvalue weighted by atomic mass is 10.1. The van der Waals surface area contributed by atoms with Gasteiger partial charge in [0.1, 0.15) is 23.1 Å². The third-order valence-electron chi connectivity index (χ3n) is 5.09. The topological polar surface area (TPSA) is 90.7 Å². The second kappa shape index (κ2) is 10.6. The molecule has 160 valence electrons. The van der Waals surface area contributed by atoms with E-state index in [4.69, 9.17) is 22.7 Å². The van der Waals surface area contributed by atoms with Gasteiger partial charge < -0.3 is 21.0 Å². The minimum absolute atomic E-state index is 0.0261. The van der Waals surface area contributed by atoms with E-state index in [-0.39, 0.29) is 13.1 Å². The number of benzene rings is 1. The summed E-state index contributed by atoms with van der Waals surface area (Å²) in [6.45, 7) is 5.17. The van der Waals surface area contributed by atoms with Gasteiger partial charge in [0.2, 0.25) is 0 Å². The largest absolute Gasteiger partial charge is 0.624 e. The van der Waals surface area contributed by atoms with Crippen LogP contribution in [0.15, 0.2) is 35.7 Å². The minimum Gasteiger partial charge on any atom is -0.624 e. The molecule has 0 radical (unpaired) electrons. The molecule has 0 saturated carbocycles. The van der Waals surface area contributed by atoms with Crippen LogP contribution in [0.3, 0.4) is 0 Å². The number of nitrogens with one attached hydrogen (secondary N) is 1. The Bertz CT molecular complexity index is 751. The molecule has 1 atom stereocenters. The van der Waals surface area contributed by atoms with E-state index in [1.165, 1.54) is 4.90 Å². The number of unbranched alkanes of at least 4 members (excludes halogenated alkanes) is 2. The summed E-state index contributed by atoms with van der Waals surface area (Å²) in [7, 11) is 1.62. The lowest BCUT2D eigenvalue weighted by molar-refractivity contribution is -0.799. The number of thiocarbonyl (C=S) groups is 1. The zero-order chi connectivity index (χ0) is 21.4. The Kier molecular flexibility index (Phi) is 8.43. The number of urea groups is 1. The lowest BCUT2D eigenvalue weighted by Gasteiger charge is -2.46. The van der Waals surface area contributed by atoms with E-state index in [0.29, 0.717) is 35.9 Å². The van der Waals surface area contributed by atoms with Crippen LogP contribution in [0, 0.1) is 5.21 Å². The third-order valence-corrected chi connectivity index (χ3v) is 5.48. The molecule has 3 N–H and O–H groups in total. The fourth-order valence-corrected chi connectivity index (χ4v) is 3.47. The van der Waals surface area contributed by atoms with Crippen molar-refractivity contribution >= 4 is 23.2 Å². The quantitative estimate of drug-likeness (QED) is 0.341. The fraction of sp³-hybridized carbons (Fsp3) is 0.524. The lowest BCUT2D eigenvalue weighted by Crippen LogP contribution is -2.61. The minimum atomic E-state index is -0.933. The summed E-state index contributed by atoms with van der Waals surface area (Å²) in [4.78, 5) is 14.7. The molecule has 2 amide bonds. The highest BCUT2D eigenvalue weighted by atomic mass is 32.1. The number of amides is 2. The van der Waals surface area contributed by atoms with E-state index in [9.17, 15) is 10.0 Å². The van der Waals surface area contributed by atoms with E-state index in [2.05, 4.69) is 5.32 Å². The Labute approximate surface area is 178 Å². The molecule has 1 aromatic carbocycles. The number of nitrogens with two attached hydrogens (primary N) is 1. The molecule has 7 nitrogen and oxygen atoms in total. The number of carbonyl (C=O) groups is 1. The highest BCUT2D eigenvalue weighted by Crippen LogP contribution is 2.26. The van der Waals surface area contributed by atoms with Crippen molar-refractivity contribution in [2.75, 3.05) is 26.7 Å². The smallest absolute Gasteiger partial charge is 0.425 e. The predicted octanol–water partition coefficient (Wildman–Crippen LogP) is 3.63. The van der Waals surface area contributed by atoms with Crippen molar-refractivity contribution in [2.45, 2.75) is 46.1 Å². The highest BCUT2D eigenvalue weighted by Gasteiger charge is 2.41. The van der Waals surface area contributed by atoms with Gasteiger partial charge >= 0.3 is 6.03 Å². The molecule has 0 spiro atoms. The van der Waals surface area contributed by atoms with Crippen molar-refractivity contribution in [1.29, 1.82) is 0 Å². The van der Waals surface area contributed by atoms with E-state index < -0.39 is 10.7 Å². The van der Waals surface area contributed by atoms with E-state index in [1.54, 1.807) is 7.11 Å². The zero-order valence-corrected chi connectivity index (χ0v) is 18.4. The van der Waals surface area contributed by atoms with E-state index in [0.717, 1.165) is 30.6 Å². The maximum absolute atomic E-state index is 13.3. The van der Waals surface area contributed by atoms with Crippen molar-refractivity contribution in [3.63, 3.8) is 0 Å². The molecule has 0 bridgehead atoms. The average Bonchev–Trinajstić information content (AvgIpc) is 2.73. The van der Waals surface area contributed by atoms with Crippen molar-refractivity contribution in [2.24, 2.45) is 5.73 Å². The normalized spacial score (nSPS) is 19.4. The summed E-state index contributed by atoms with van der Waals surface area (Å²) in [6.07, 6.45) is 3.20. The molecule has 1 aromatic rings. The fourth-order valence-electron chi connectivity index (χ4n) is 3.23. The number of hydrogen-bond acceptors (Lipinski definition) is 5. The Morgan fingerprint density at radius 3 is 2.52 bits per heavy atom. The van der Waals surface area contributed by atoms with Crippen molar-refractivity contribution in [3.05, 3.63) is 46.4 Å². The maximum atomic E-state index is 13.3. The molecule has 1 heterocycles. The summed E-state index contributed by atoms with van der Waals surface area (Å²) in [5.41, 5.74) is 7.88. The molecular formula is C21H32N4O3S. The number of ether oxygens (including phenoxy) is 1. The van der Waals surface area contributed by atoms with Crippen molar-refractivity contribution in [3.8, 4) is 5.75 Å². The first-order valence-electron chi connectivity index (χ1n) is 10.2. The number of quaternary nitrogens is 1. The van der Waals surface area contributed by atoms with Crippen LogP contribution < -0.4 is 15.8 Å². The summed E-state index contributed by atoms with van der Waals surface area (Å²) >= 11 is 5.56. The first-order chi connectivity index (χ1) is 13.9. The second-order valence-corrected chi connectivity index (χ2v) is 7.72. The molecule has 8 heteroatoms. The molecule has 29 heavy (non-hydrogen) atoms. The summed E-state index contributed by atoms with van der Waals surface area (Å²) < 4.78 is 4.24. The van der Waals surface area contributed by atoms with Crippen LogP contribution in [0.25, 0.3) is 0 Å². The SMILES string of the molecule is CCCCN1C(=O)[N+]([O-])(CCCC)CC(C(=S)NCc2ccc(OC)cc2)=C1N. The third kappa shape index (κ3) is 5.68. The molecule has 0 fully saturated rings. The monoisotopic (exact) mass is 420 g/mol. The van der Waals surface area contributed by atoms with Crippen molar-refractivity contribution in [1.82, 2.24) is 10.2 Å². The van der Waals surface area contributed by atoms with E-state index in [1.807, 2.05) is 38.1 Å². The Morgan fingerprint density at radius 2 is 1.93 bits per heavy atom. The predicted molar refractivity (Wildman–Crippen MR) is 119 cm³/mol. The van der Waals surface area contributed by atoms with Gasteiger partial charge in [0.25, 0.3) is 0 Å². The molecule has 1 unspecified atom stereocenters. The zero-order valence-electron chi connectivity index (χ0n) is 17.6. The number of nitrogens with zero attached hydrogens (tertiary/aromatic N) is 2. The molecule has 2 rings (SSSR count). The van der Waals surface area contributed by atoms with Crippen LogP contribution in [0.5, 0.6) is 5.75 Å². The molecular weight excluding hydrogens is 388 g/mol.